The van der Waals surface area contributed by atoms with Gasteiger partial charge >= 0.3 is 5.97 Å². The number of hydrogen-bond donors (Lipinski definition) is 7. The molecule has 0 unspecified atom stereocenters. The Bertz CT molecular complexity index is 1730. The summed E-state index contributed by atoms with van der Waals surface area (Å²) in [6.45, 7) is 0. The summed E-state index contributed by atoms with van der Waals surface area (Å²) >= 11 is 4.10. The summed E-state index contributed by atoms with van der Waals surface area (Å²) in [6.07, 6.45) is 0.267. The van der Waals surface area contributed by atoms with Gasteiger partial charge in [-0.1, -0.05) is 121 Å². The average molecular weight is 710 g/mol. The number of hydrogen-bond acceptors (Lipinski definition) is 7. The zero-order chi connectivity index (χ0) is 36.6. The van der Waals surface area contributed by atoms with Crippen molar-refractivity contribution in [2.75, 3.05) is 5.75 Å². The fourth-order valence-electron chi connectivity index (χ4n) is 5.41. The first-order chi connectivity index (χ1) is 24.6. The van der Waals surface area contributed by atoms with E-state index in [9.17, 15) is 29.1 Å². The van der Waals surface area contributed by atoms with Gasteiger partial charge in [0.15, 0.2) is 0 Å². The Balaban J connectivity index is 1.60. The number of rotatable bonds is 18. The molecule has 0 saturated carbocycles. The number of carbonyl (C=O) groups is 5. The van der Waals surface area contributed by atoms with Gasteiger partial charge in [-0.25, -0.2) is 4.79 Å². The Hall–Kier alpha value is -5.46. The second-order valence-corrected chi connectivity index (χ2v) is 12.5. The maximum absolute atomic E-state index is 14.1. The zero-order valence-corrected chi connectivity index (χ0v) is 28.9. The summed E-state index contributed by atoms with van der Waals surface area (Å²) in [5.74, 6) is -3.75. The van der Waals surface area contributed by atoms with Crippen LogP contribution < -0.4 is 27.0 Å². The fraction of sp³-hybridized carbons (Fsp3) is 0.256. The first-order valence-electron chi connectivity index (χ1n) is 16.6. The number of carbonyl (C=O) groups excluding carboxylic acids is 4. The van der Waals surface area contributed by atoms with Gasteiger partial charge in [0.2, 0.25) is 23.6 Å². The van der Waals surface area contributed by atoms with E-state index in [1.165, 1.54) is 0 Å². The third kappa shape index (κ3) is 12.4. The van der Waals surface area contributed by atoms with E-state index in [2.05, 4.69) is 33.9 Å². The molecular formula is C39H43N5O6S. The van der Waals surface area contributed by atoms with Crippen molar-refractivity contribution in [2.24, 2.45) is 5.73 Å². The molecule has 5 atom stereocenters. The van der Waals surface area contributed by atoms with Gasteiger partial charge in [0.25, 0.3) is 0 Å². The van der Waals surface area contributed by atoms with Crippen molar-refractivity contribution in [3.05, 3.63) is 144 Å². The van der Waals surface area contributed by atoms with Gasteiger partial charge < -0.3 is 32.1 Å². The second-order valence-electron chi connectivity index (χ2n) is 12.1. The van der Waals surface area contributed by atoms with Gasteiger partial charge in [-0.05, 0) is 22.3 Å². The van der Waals surface area contributed by atoms with E-state index in [1.54, 1.807) is 72.8 Å². The predicted molar refractivity (Wildman–Crippen MR) is 198 cm³/mol. The van der Waals surface area contributed by atoms with E-state index >= 15 is 0 Å². The molecule has 7 N–H and O–H groups in total. The topological polar surface area (TPSA) is 180 Å². The van der Waals surface area contributed by atoms with E-state index in [0.29, 0.717) is 5.56 Å². The van der Waals surface area contributed by atoms with Crippen LogP contribution in [0.15, 0.2) is 121 Å². The minimum absolute atomic E-state index is 0.0337. The second kappa shape index (κ2) is 19.7. The normalized spacial score (nSPS) is 13.8. The van der Waals surface area contributed by atoms with Crippen molar-refractivity contribution >= 4 is 42.2 Å². The average Bonchev–Trinajstić information content (AvgIpc) is 3.14. The lowest BCUT2D eigenvalue weighted by molar-refractivity contribution is -0.142. The van der Waals surface area contributed by atoms with Gasteiger partial charge in [0, 0.05) is 31.4 Å². The number of nitrogens with two attached hydrogens (primary N) is 1. The van der Waals surface area contributed by atoms with Crippen LogP contribution in [0, 0.1) is 0 Å². The van der Waals surface area contributed by atoms with Crippen LogP contribution >= 0.6 is 12.6 Å². The number of carboxylic acid groups (broad SMARTS) is 1. The lowest BCUT2D eigenvalue weighted by Gasteiger charge is -2.27. The third-order valence-electron chi connectivity index (χ3n) is 8.18. The van der Waals surface area contributed by atoms with Gasteiger partial charge in [-0.15, -0.1) is 0 Å². The molecule has 4 aromatic rings. The molecule has 0 fully saturated rings. The van der Waals surface area contributed by atoms with E-state index in [1.807, 2.05) is 48.5 Å². The van der Waals surface area contributed by atoms with Crippen molar-refractivity contribution in [1.29, 1.82) is 0 Å². The summed E-state index contributed by atoms with van der Waals surface area (Å²) in [5.41, 5.74) is 8.83. The summed E-state index contributed by atoms with van der Waals surface area (Å²) in [6, 6.07) is 30.3. The Kier molecular flexibility index (Phi) is 14.8. The predicted octanol–water partition coefficient (Wildman–Crippen LogP) is 2.24. The lowest BCUT2D eigenvalue weighted by atomic mass is 10.0. The number of amides is 4. The van der Waals surface area contributed by atoms with E-state index in [0.717, 1.165) is 16.7 Å². The molecule has 0 radical (unpaired) electrons. The maximum atomic E-state index is 14.1. The standard InChI is InChI=1S/C39H43N5O6S/c40-30(25-51)35(45)41-31(21-26-13-5-1-6-14-26)36(46)42-32(22-27-15-7-2-8-16-27)37(47)43-33(23-28-17-9-3-10-18-28)38(48)44-34(39(49)50)24-29-19-11-4-12-20-29/h1-20,30-34,51H,21-25,40H2,(H,41,45)(H,42,46)(H,43,47)(H,44,48)(H,49,50)/t30-,31-,32-,33-,34-/m0/s1. The Labute approximate surface area is 302 Å². The van der Waals surface area contributed by atoms with Crippen LogP contribution in [-0.4, -0.2) is 70.7 Å². The van der Waals surface area contributed by atoms with Crippen molar-refractivity contribution in [3.8, 4) is 0 Å². The monoisotopic (exact) mass is 709 g/mol. The van der Waals surface area contributed by atoms with Crippen LogP contribution in [0.2, 0.25) is 0 Å². The SMILES string of the molecule is N[C@@H](CS)C(=O)N[C@@H](Cc1ccccc1)C(=O)N[C@@H](Cc1ccccc1)C(=O)N[C@@H](Cc1ccccc1)C(=O)N[C@@H](Cc1ccccc1)C(=O)O. The smallest absolute Gasteiger partial charge is 0.326 e. The molecule has 4 aromatic carbocycles. The van der Waals surface area contributed by atoms with E-state index < -0.39 is 59.8 Å². The highest BCUT2D eigenvalue weighted by molar-refractivity contribution is 7.80. The summed E-state index contributed by atoms with van der Waals surface area (Å²) in [5, 5.41) is 20.8. The molecule has 4 amide bonds. The van der Waals surface area contributed by atoms with Crippen molar-refractivity contribution < 1.29 is 29.1 Å². The molecule has 266 valence electrons. The van der Waals surface area contributed by atoms with E-state index in [-0.39, 0.29) is 31.4 Å². The molecule has 0 spiro atoms. The molecule has 0 heterocycles. The molecule has 0 aliphatic carbocycles. The maximum Gasteiger partial charge on any atom is 0.326 e. The molecule has 51 heavy (non-hydrogen) atoms. The first kappa shape index (κ1) is 38.3. The molecule has 11 nitrogen and oxygen atoms in total. The molecular weight excluding hydrogens is 667 g/mol. The molecule has 4 rings (SSSR count). The molecule has 0 saturated heterocycles. The Morgan fingerprint density at radius 2 is 0.725 bits per heavy atom. The van der Waals surface area contributed by atoms with Crippen LogP contribution in [0.1, 0.15) is 22.3 Å². The van der Waals surface area contributed by atoms with Crippen molar-refractivity contribution in [2.45, 2.75) is 55.9 Å². The van der Waals surface area contributed by atoms with Gasteiger partial charge in [-0.3, -0.25) is 19.2 Å². The Morgan fingerprint density at radius 1 is 0.471 bits per heavy atom. The largest absolute Gasteiger partial charge is 0.480 e. The Morgan fingerprint density at radius 3 is 1.00 bits per heavy atom. The zero-order valence-electron chi connectivity index (χ0n) is 28.0. The van der Waals surface area contributed by atoms with Gasteiger partial charge in [0.05, 0.1) is 6.04 Å². The van der Waals surface area contributed by atoms with Crippen LogP contribution in [-0.2, 0) is 49.7 Å². The van der Waals surface area contributed by atoms with E-state index in [4.69, 9.17) is 5.73 Å². The minimum atomic E-state index is -1.26. The fourth-order valence-corrected chi connectivity index (χ4v) is 5.57. The molecule has 0 bridgehead atoms. The van der Waals surface area contributed by atoms with Gasteiger partial charge in [0.1, 0.15) is 24.2 Å². The number of nitrogens with one attached hydrogen (secondary N) is 4. The summed E-state index contributed by atoms with van der Waals surface area (Å²) in [4.78, 5) is 66.8. The van der Waals surface area contributed by atoms with Crippen molar-refractivity contribution in [1.82, 2.24) is 21.3 Å². The highest BCUT2D eigenvalue weighted by Gasteiger charge is 2.32. The number of benzene rings is 4. The molecule has 12 heteroatoms. The lowest BCUT2D eigenvalue weighted by Crippen LogP contribution is -2.59. The van der Waals surface area contributed by atoms with Crippen LogP contribution in [0.4, 0.5) is 0 Å². The number of thiol groups is 1. The first-order valence-corrected chi connectivity index (χ1v) is 17.2. The summed E-state index contributed by atoms with van der Waals surface area (Å²) in [7, 11) is 0. The molecule has 0 aromatic heterocycles. The molecule has 0 aliphatic heterocycles. The highest BCUT2D eigenvalue weighted by atomic mass is 32.1. The number of aliphatic carboxylic acids is 1. The molecule has 0 aliphatic rings. The summed E-state index contributed by atoms with van der Waals surface area (Å²) < 4.78 is 0. The highest BCUT2D eigenvalue weighted by Crippen LogP contribution is 2.11. The van der Waals surface area contributed by atoms with Crippen molar-refractivity contribution in [3.63, 3.8) is 0 Å². The van der Waals surface area contributed by atoms with Gasteiger partial charge in [-0.2, -0.15) is 12.6 Å². The quantitative estimate of drug-likeness (QED) is 0.0775. The van der Waals surface area contributed by atoms with Crippen LogP contribution in [0.3, 0.4) is 0 Å². The third-order valence-corrected chi connectivity index (χ3v) is 8.57. The number of carboxylic acids is 1. The van der Waals surface area contributed by atoms with Crippen LogP contribution in [0.5, 0.6) is 0 Å². The van der Waals surface area contributed by atoms with Crippen LogP contribution in [0.25, 0.3) is 0 Å². The minimum Gasteiger partial charge on any atom is -0.480 e.